The smallest absolute Gasteiger partial charge is 0.590 e. The molecule has 0 unspecified atom stereocenters. The van der Waals surface area contributed by atoms with Crippen LogP contribution in [0.3, 0.4) is 0 Å². The summed E-state index contributed by atoms with van der Waals surface area (Å²) < 4.78 is 6.08. The summed E-state index contributed by atoms with van der Waals surface area (Å²) in [5.41, 5.74) is 1.01. The number of amides is 1. The normalized spacial score (nSPS) is 16.9. The number of carbonyl (C=O) groups excluding carboxylic acids is 1. The number of benzene rings is 1. The van der Waals surface area contributed by atoms with Gasteiger partial charge < -0.3 is 10.1 Å². The van der Waals surface area contributed by atoms with Gasteiger partial charge in [0.2, 0.25) is 6.09 Å². The number of carbonyl (C=O) groups is 1. The van der Waals surface area contributed by atoms with E-state index in [9.17, 15) is 4.79 Å². The van der Waals surface area contributed by atoms with Crippen LogP contribution in [0.15, 0.2) is 22.7 Å². The largest absolute Gasteiger partial charge is 1.00 e. The Bertz CT molecular complexity index is 406. The van der Waals surface area contributed by atoms with Crippen LogP contribution in [0.2, 0.25) is 0 Å². The van der Waals surface area contributed by atoms with E-state index in [0.717, 1.165) is 10.0 Å². The van der Waals surface area contributed by atoms with Gasteiger partial charge in [0, 0.05) is 4.47 Å². The van der Waals surface area contributed by atoms with E-state index in [4.69, 9.17) is 4.74 Å². The van der Waals surface area contributed by atoms with Crippen molar-refractivity contribution >= 4 is 27.7 Å². The van der Waals surface area contributed by atoms with Crippen molar-refractivity contribution < 1.29 is 28.4 Å². The van der Waals surface area contributed by atoms with Crippen molar-refractivity contribution in [1.82, 2.24) is 0 Å². The third-order valence-electron chi connectivity index (χ3n) is 2.16. The Morgan fingerprint density at radius 3 is 2.73 bits per heavy atom. The summed E-state index contributed by atoms with van der Waals surface area (Å²) in [5.74, 6) is 0. The fraction of sp³-hybridized carbons (Fsp3) is 0.300. The van der Waals surface area contributed by atoms with E-state index in [2.05, 4.69) is 21.2 Å². The second kappa shape index (κ2) is 4.21. The molecule has 0 saturated carbocycles. The number of fused-ring (bicyclic) bond motifs is 1. The van der Waals surface area contributed by atoms with E-state index in [1.807, 2.05) is 32.0 Å². The fourth-order valence-electron chi connectivity index (χ4n) is 1.48. The Kier molecular flexibility index (Phi) is 3.54. The van der Waals surface area contributed by atoms with Gasteiger partial charge in [-0.15, -0.1) is 5.69 Å². The molecular formula is C10H9BrLiNO2. The Hall–Kier alpha value is -0.433. The summed E-state index contributed by atoms with van der Waals surface area (Å²) in [6.45, 7) is 3.70. The van der Waals surface area contributed by atoms with Gasteiger partial charge in [-0.1, -0.05) is 22.0 Å². The number of ether oxygens (including phenoxy) is 1. The van der Waals surface area contributed by atoms with Crippen LogP contribution in [0.1, 0.15) is 19.4 Å². The van der Waals surface area contributed by atoms with E-state index in [1.54, 1.807) is 0 Å². The number of rotatable bonds is 0. The topological polar surface area (TPSA) is 40.4 Å². The molecular weight excluding hydrogens is 253 g/mol. The third kappa shape index (κ3) is 2.39. The summed E-state index contributed by atoms with van der Waals surface area (Å²) in [7, 11) is 0. The molecule has 74 valence electrons. The molecule has 0 radical (unpaired) electrons. The molecule has 0 fully saturated rings. The number of hydrogen-bond donors (Lipinski definition) is 0. The number of hydrogen-bond acceptors (Lipinski definition) is 2. The maximum atomic E-state index is 11.1. The van der Waals surface area contributed by atoms with Gasteiger partial charge in [0.1, 0.15) is 5.60 Å². The molecule has 0 spiro atoms. The first kappa shape index (κ1) is 12.6. The van der Waals surface area contributed by atoms with Crippen LogP contribution in [0.5, 0.6) is 0 Å². The van der Waals surface area contributed by atoms with Crippen molar-refractivity contribution in [3.05, 3.63) is 33.6 Å². The molecule has 1 aromatic rings. The number of cyclic esters (lactones) is 1. The zero-order valence-corrected chi connectivity index (χ0v) is 10.5. The summed E-state index contributed by atoms with van der Waals surface area (Å²) in [5, 5.41) is 3.80. The van der Waals surface area contributed by atoms with Gasteiger partial charge in [0.25, 0.3) is 0 Å². The fourth-order valence-corrected chi connectivity index (χ4v) is 1.84. The maximum absolute atomic E-state index is 11.1. The maximum Gasteiger partial charge on any atom is 1.00 e. The first-order valence-corrected chi connectivity index (χ1v) is 5.03. The van der Waals surface area contributed by atoms with Crippen LogP contribution in [0.25, 0.3) is 5.32 Å². The van der Waals surface area contributed by atoms with Crippen molar-refractivity contribution in [1.29, 1.82) is 0 Å². The molecule has 0 aromatic heterocycles. The molecule has 1 aliphatic rings. The summed E-state index contributed by atoms with van der Waals surface area (Å²) in [6, 6.07) is 5.59. The van der Waals surface area contributed by atoms with Crippen LogP contribution >= 0.6 is 15.9 Å². The zero-order valence-electron chi connectivity index (χ0n) is 8.87. The molecule has 5 heteroatoms. The van der Waals surface area contributed by atoms with Gasteiger partial charge in [-0.3, -0.25) is 4.79 Å². The van der Waals surface area contributed by atoms with Gasteiger partial charge >= 0.3 is 18.9 Å². The van der Waals surface area contributed by atoms with Gasteiger partial charge in [-0.2, -0.15) is 0 Å². The van der Waals surface area contributed by atoms with Crippen LogP contribution in [-0.4, -0.2) is 6.09 Å². The Balaban J connectivity index is 0.00000112. The van der Waals surface area contributed by atoms with Gasteiger partial charge in [-0.05, 0) is 31.5 Å². The van der Waals surface area contributed by atoms with Crippen molar-refractivity contribution in [2.24, 2.45) is 0 Å². The molecule has 2 rings (SSSR count). The molecule has 0 aliphatic carbocycles. The van der Waals surface area contributed by atoms with Crippen molar-refractivity contribution in [2.45, 2.75) is 19.4 Å². The minimum absolute atomic E-state index is 0. The van der Waals surface area contributed by atoms with E-state index < -0.39 is 11.7 Å². The predicted molar refractivity (Wildman–Crippen MR) is 56.7 cm³/mol. The second-order valence-corrected chi connectivity index (χ2v) is 4.57. The molecule has 1 aliphatic heterocycles. The van der Waals surface area contributed by atoms with Gasteiger partial charge in [0.15, 0.2) is 0 Å². The summed E-state index contributed by atoms with van der Waals surface area (Å²) >= 11 is 3.38. The molecule has 1 heterocycles. The van der Waals surface area contributed by atoms with Crippen LogP contribution in [0.4, 0.5) is 10.5 Å². The molecule has 3 nitrogen and oxygen atoms in total. The Morgan fingerprint density at radius 2 is 2.07 bits per heavy atom. The van der Waals surface area contributed by atoms with E-state index in [-0.39, 0.29) is 18.9 Å². The van der Waals surface area contributed by atoms with Gasteiger partial charge in [0.05, 0.1) is 0 Å². The predicted octanol–water partition coefficient (Wildman–Crippen LogP) is 0.844. The van der Waals surface area contributed by atoms with Crippen molar-refractivity contribution in [3.63, 3.8) is 0 Å². The molecule has 1 amide bonds. The minimum Gasteiger partial charge on any atom is -0.590 e. The number of halogens is 1. The first-order valence-electron chi connectivity index (χ1n) is 4.24. The van der Waals surface area contributed by atoms with Crippen molar-refractivity contribution in [2.75, 3.05) is 0 Å². The summed E-state index contributed by atoms with van der Waals surface area (Å²) in [6.07, 6.45) is -0.523. The van der Waals surface area contributed by atoms with E-state index >= 15 is 0 Å². The van der Waals surface area contributed by atoms with Gasteiger partial charge in [-0.25, -0.2) is 0 Å². The first-order chi connectivity index (χ1) is 6.49. The zero-order chi connectivity index (χ0) is 10.3. The average molecular weight is 262 g/mol. The monoisotopic (exact) mass is 261 g/mol. The minimum atomic E-state index is -0.599. The quantitative estimate of drug-likeness (QED) is 0.650. The Morgan fingerprint density at radius 1 is 1.40 bits per heavy atom. The standard InChI is InChI=1S/C10H10BrNO2.Li/c1-10(2)7-5-6(11)3-4-8(7)12-9(13)14-10;/h3-5H,1-2H3,(H,12,13);/q;+1/p-1. The summed E-state index contributed by atoms with van der Waals surface area (Å²) in [4.78, 5) is 11.1. The molecule has 0 atom stereocenters. The average Bonchev–Trinajstić information content (AvgIpc) is 2.05. The molecule has 1 aromatic carbocycles. The SMILES string of the molecule is CC1(C)OC(=O)[N-]c2ccc(Br)cc21.[Li+]. The molecule has 0 bridgehead atoms. The van der Waals surface area contributed by atoms with Crippen molar-refractivity contribution in [3.8, 4) is 0 Å². The van der Waals surface area contributed by atoms with E-state index in [0.29, 0.717) is 5.69 Å². The molecule has 15 heavy (non-hydrogen) atoms. The van der Waals surface area contributed by atoms with Crippen LogP contribution in [-0.2, 0) is 10.3 Å². The van der Waals surface area contributed by atoms with Crippen LogP contribution < -0.4 is 18.9 Å². The molecule has 0 saturated heterocycles. The number of nitrogens with zero attached hydrogens (tertiary/aromatic N) is 1. The Labute approximate surface area is 109 Å². The second-order valence-electron chi connectivity index (χ2n) is 3.65. The molecule has 0 N–H and O–H groups in total. The van der Waals surface area contributed by atoms with Crippen LogP contribution in [0, 0.1) is 0 Å². The third-order valence-corrected chi connectivity index (χ3v) is 2.65. The van der Waals surface area contributed by atoms with E-state index in [1.165, 1.54) is 0 Å².